The Kier molecular flexibility index (Phi) is 7.31. The van der Waals surface area contributed by atoms with Gasteiger partial charge in [-0.15, -0.1) is 0 Å². The average Bonchev–Trinajstić information content (AvgIpc) is 2.66. The zero-order valence-corrected chi connectivity index (χ0v) is 11.5. The topological polar surface area (TPSA) is 17.1 Å². The van der Waals surface area contributed by atoms with E-state index in [-0.39, 0.29) is 5.78 Å². The van der Waals surface area contributed by atoms with Crippen molar-refractivity contribution in [1.29, 1.82) is 0 Å². The molecule has 1 nitrogen and oxygen atoms in total. The molecule has 0 aliphatic heterocycles. The van der Waals surface area contributed by atoms with Gasteiger partial charge in [0.2, 0.25) is 0 Å². The van der Waals surface area contributed by atoms with Crippen LogP contribution in [-0.4, -0.2) is 5.78 Å². The summed E-state index contributed by atoms with van der Waals surface area (Å²) in [6.07, 6.45) is 1.60. The maximum absolute atomic E-state index is 11.2. The van der Waals surface area contributed by atoms with Crippen LogP contribution in [-0.2, 0) is 6.42 Å². The summed E-state index contributed by atoms with van der Waals surface area (Å²) in [7, 11) is 0. The summed E-state index contributed by atoms with van der Waals surface area (Å²) in [5.41, 5.74) is 2.09. The molecule has 84 valence electrons. The number of carbonyl (C=O) groups excluding carboxylic acids is 1. The summed E-state index contributed by atoms with van der Waals surface area (Å²) in [6.45, 7) is 8.00. The van der Waals surface area contributed by atoms with Gasteiger partial charge in [-0.1, -0.05) is 49.7 Å². The molecule has 0 amide bonds. The van der Waals surface area contributed by atoms with Gasteiger partial charge in [-0.25, -0.2) is 0 Å². The van der Waals surface area contributed by atoms with Gasteiger partial charge < -0.3 is 0 Å². The minimum Gasteiger partial charge on any atom is -0.294 e. The highest BCUT2D eigenvalue weighted by atomic mass is 79.9. The normalized spacial score (nSPS) is 11.9. The van der Waals surface area contributed by atoms with Gasteiger partial charge in [-0.3, -0.25) is 4.79 Å². The monoisotopic (exact) mass is 270 g/mol. The lowest BCUT2D eigenvalue weighted by Crippen LogP contribution is -1.89. The number of hydrogen-bond acceptors (Lipinski definition) is 1. The van der Waals surface area contributed by atoms with E-state index in [2.05, 4.69) is 15.9 Å². The zero-order chi connectivity index (χ0) is 11.8. The van der Waals surface area contributed by atoms with Crippen molar-refractivity contribution in [2.75, 3.05) is 0 Å². The van der Waals surface area contributed by atoms with E-state index in [0.717, 1.165) is 16.5 Å². The lowest BCUT2D eigenvalue weighted by molar-refractivity contribution is 0.0994. The molecule has 0 unspecified atom stereocenters. The summed E-state index contributed by atoms with van der Waals surface area (Å²) in [4.78, 5) is 11.2. The summed E-state index contributed by atoms with van der Waals surface area (Å²) >= 11 is 3.34. The number of fused-ring (bicyclic) bond motifs is 1. The molecule has 0 spiro atoms. The molecule has 0 N–H and O–H groups in total. The Morgan fingerprint density at radius 3 is 2.27 bits per heavy atom. The summed E-state index contributed by atoms with van der Waals surface area (Å²) in [6, 6.07) is 5.91. The molecular formula is C13H19BrO. The molecule has 0 aromatic heterocycles. The van der Waals surface area contributed by atoms with Crippen LogP contribution >= 0.6 is 15.9 Å². The molecule has 1 aromatic rings. The van der Waals surface area contributed by atoms with Crippen molar-refractivity contribution in [2.45, 2.75) is 40.5 Å². The highest BCUT2D eigenvalue weighted by Crippen LogP contribution is 2.24. The molecule has 0 atom stereocenters. The third-order valence-corrected chi connectivity index (χ3v) is 2.49. The maximum atomic E-state index is 11.2. The molecule has 0 bridgehead atoms. The molecule has 2 heteroatoms. The van der Waals surface area contributed by atoms with Gasteiger partial charge in [-0.2, -0.15) is 0 Å². The lowest BCUT2D eigenvalue weighted by atomic mass is 10.1. The molecule has 0 heterocycles. The van der Waals surface area contributed by atoms with Crippen molar-refractivity contribution in [2.24, 2.45) is 0 Å². The van der Waals surface area contributed by atoms with Crippen LogP contribution < -0.4 is 0 Å². The molecule has 0 radical (unpaired) electrons. The molecule has 15 heavy (non-hydrogen) atoms. The van der Waals surface area contributed by atoms with Crippen molar-refractivity contribution in [3.05, 3.63) is 33.8 Å². The Morgan fingerprint density at radius 1 is 1.07 bits per heavy atom. The van der Waals surface area contributed by atoms with E-state index in [1.54, 1.807) is 0 Å². The van der Waals surface area contributed by atoms with Crippen LogP contribution in [0.2, 0.25) is 0 Å². The molecule has 1 aromatic carbocycles. The molecule has 1 aliphatic rings. The Balaban J connectivity index is 0.000000442. The highest BCUT2D eigenvalue weighted by molar-refractivity contribution is 9.10. The summed E-state index contributed by atoms with van der Waals surface area (Å²) in [5.74, 6) is 0.279. The smallest absolute Gasteiger partial charge is 0.163 e. The number of hydrogen-bond donors (Lipinski definition) is 0. The second-order valence-corrected chi connectivity index (χ2v) is 3.64. The van der Waals surface area contributed by atoms with E-state index in [1.807, 2.05) is 45.9 Å². The zero-order valence-electron chi connectivity index (χ0n) is 9.93. The van der Waals surface area contributed by atoms with Gasteiger partial charge in [0.15, 0.2) is 5.78 Å². The molecule has 2 rings (SSSR count). The van der Waals surface area contributed by atoms with Crippen LogP contribution in [0, 0.1) is 0 Å². The first-order valence-electron chi connectivity index (χ1n) is 5.59. The first kappa shape index (κ1) is 14.4. The fraction of sp³-hybridized carbons (Fsp3) is 0.462. The van der Waals surface area contributed by atoms with E-state index < -0.39 is 0 Å². The number of aryl methyl sites for hydroxylation is 1. The van der Waals surface area contributed by atoms with Crippen molar-refractivity contribution in [1.82, 2.24) is 0 Å². The van der Waals surface area contributed by atoms with Crippen molar-refractivity contribution in [3.8, 4) is 0 Å². The van der Waals surface area contributed by atoms with Crippen LogP contribution in [0.3, 0.4) is 0 Å². The first-order chi connectivity index (χ1) is 7.27. The fourth-order valence-electron chi connectivity index (χ4n) is 1.41. The number of Topliss-reactive ketones (excluding diaryl/α,β-unsaturated/α-hetero) is 1. The van der Waals surface area contributed by atoms with E-state index in [9.17, 15) is 4.79 Å². The van der Waals surface area contributed by atoms with Crippen molar-refractivity contribution in [3.63, 3.8) is 0 Å². The van der Waals surface area contributed by atoms with Crippen molar-refractivity contribution >= 4 is 21.7 Å². The van der Waals surface area contributed by atoms with Gasteiger partial charge in [0.1, 0.15) is 0 Å². The average molecular weight is 271 g/mol. The van der Waals surface area contributed by atoms with Gasteiger partial charge in [0, 0.05) is 16.5 Å². The van der Waals surface area contributed by atoms with E-state index in [4.69, 9.17) is 0 Å². The predicted octanol–water partition coefficient (Wildman–Crippen LogP) is 4.63. The predicted molar refractivity (Wildman–Crippen MR) is 69.5 cm³/mol. The van der Waals surface area contributed by atoms with Crippen LogP contribution in [0.25, 0.3) is 0 Å². The van der Waals surface area contributed by atoms with Crippen LogP contribution in [0.15, 0.2) is 22.7 Å². The van der Waals surface area contributed by atoms with Crippen LogP contribution in [0.5, 0.6) is 0 Å². The Labute approximate surface area is 101 Å². The second-order valence-electron chi connectivity index (χ2n) is 2.72. The SMILES string of the molecule is CC.CC.O=C1CCc2ccc(Br)cc21. The molecular weight excluding hydrogens is 252 g/mol. The van der Waals surface area contributed by atoms with Gasteiger partial charge >= 0.3 is 0 Å². The highest BCUT2D eigenvalue weighted by Gasteiger charge is 2.18. The Bertz CT molecular complexity index is 318. The number of rotatable bonds is 0. The Morgan fingerprint density at radius 2 is 1.67 bits per heavy atom. The molecule has 1 aliphatic carbocycles. The van der Waals surface area contributed by atoms with E-state index >= 15 is 0 Å². The van der Waals surface area contributed by atoms with Crippen LogP contribution in [0.1, 0.15) is 50.0 Å². The second kappa shape index (κ2) is 7.63. The van der Waals surface area contributed by atoms with Gasteiger partial charge in [0.05, 0.1) is 0 Å². The van der Waals surface area contributed by atoms with Gasteiger partial charge in [0.25, 0.3) is 0 Å². The number of ketones is 1. The summed E-state index contributed by atoms with van der Waals surface area (Å²) in [5, 5.41) is 0. The fourth-order valence-corrected chi connectivity index (χ4v) is 1.77. The number of benzene rings is 1. The maximum Gasteiger partial charge on any atom is 0.163 e. The molecule has 0 fully saturated rings. The number of halogens is 1. The van der Waals surface area contributed by atoms with Crippen LogP contribution in [0.4, 0.5) is 0 Å². The van der Waals surface area contributed by atoms with Crippen molar-refractivity contribution < 1.29 is 4.79 Å². The minimum absolute atomic E-state index is 0.279. The third-order valence-electron chi connectivity index (χ3n) is 1.99. The standard InChI is InChI=1S/C9H7BrO.2C2H6/c10-7-3-1-6-2-4-9(11)8(6)5-7;2*1-2/h1,3,5H,2,4H2;2*1-2H3. The van der Waals surface area contributed by atoms with E-state index in [1.165, 1.54) is 5.56 Å². The summed E-state index contributed by atoms with van der Waals surface area (Å²) < 4.78 is 0.992. The first-order valence-corrected chi connectivity index (χ1v) is 6.38. The quantitative estimate of drug-likeness (QED) is 0.672. The Hall–Kier alpha value is -0.630. The molecule has 0 saturated heterocycles. The van der Waals surface area contributed by atoms with Gasteiger partial charge in [-0.05, 0) is 24.1 Å². The molecule has 0 saturated carbocycles. The van der Waals surface area contributed by atoms with E-state index in [0.29, 0.717) is 6.42 Å². The largest absolute Gasteiger partial charge is 0.294 e. The lowest BCUT2D eigenvalue weighted by Gasteiger charge is -1.96. The third kappa shape index (κ3) is 3.78. The minimum atomic E-state index is 0.279. The number of carbonyl (C=O) groups is 1.